The van der Waals surface area contributed by atoms with Crippen LogP contribution in [0.15, 0.2) is 18.4 Å². The molecule has 28 heavy (non-hydrogen) atoms. The number of nitrogens with zero attached hydrogens (tertiary/aromatic N) is 5. The van der Waals surface area contributed by atoms with Crippen LogP contribution in [0.1, 0.15) is 36.2 Å². The van der Waals surface area contributed by atoms with E-state index in [0.29, 0.717) is 25.0 Å². The molecule has 5 rings (SSSR count). The number of unbranched alkanes of at least 4 members (excludes halogenated alkanes) is 1. The molecule has 1 aromatic rings. The fourth-order valence-electron chi connectivity index (χ4n) is 5.38. The monoisotopic (exact) mass is 386 g/mol. The highest BCUT2D eigenvalue weighted by Crippen LogP contribution is 2.56. The molecule has 1 aromatic heterocycles. The quantitative estimate of drug-likeness (QED) is 0.544. The van der Waals surface area contributed by atoms with Gasteiger partial charge < -0.3 is 4.90 Å². The average molecular weight is 387 g/mol. The van der Waals surface area contributed by atoms with Crippen LogP contribution in [0.3, 0.4) is 0 Å². The summed E-state index contributed by atoms with van der Waals surface area (Å²) in [6.45, 7) is 4.90. The van der Waals surface area contributed by atoms with Gasteiger partial charge in [0.1, 0.15) is 0 Å². The van der Waals surface area contributed by atoms with E-state index in [1.54, 1.807) is 0 Å². The van der Waals surface area contributed by atoms with Gasteiger partial charge in [0.15, 0.2) is 0 Å². The predicted molar refractivity (Wildman–Crippen MR) is 104 cm³/mol. The molecule has 0 N–H and O–H groups in total. The van der Waals surface area contributed by atoms with Crippen LogP contribution in [0.25, 0.3) is 0 Å². The number of carbonyl (C=O) groups is 2. The molecule has 4 fully saturated rings. The second kappa shape index (κ2) is 7.43. The average Bonchev–Trinajstić information content (AvgIpc) is 3.38. The van der Waals surface area contributed by atoms with E-state index in [9.17, 15) is 9.59 Å². The van der Waals surface area contributed by atoms with Gasteiger partial charge in [0.05, 0.1) is 13.2 Å². The Labute approximate surface area is 170 Å². The van der Waals surface area contributed by atoms with Gasteiger partial charge in [-0.1, -0.05) is 0 Å². The second-order valence-corrected chi connectivity index (χ2v) is 8.35. The molecular weight excluding hydrogens is 354 g/mol. The van der Waals surface area contributed by atoms with E-state index in [-0.39, 0.29) is 35.5 Å². The number of piperazine rings is 1. The number of imide groups is 1. The highest BCUT2D eigenvalue weighted by atomic mass is 16.2. The largest absolute Gasteiger partial charge is 0.338 e. The standard InChI is InChI=1S/C21H29N5O2/c27-19-17-15-4-5-16(14-15)18(17)20(28)26(19)9-2-1-8-24-10-12-25(13-11-24)21-22-6-3-7-23-21/h3,6-7,15-18H,1-2,4-5,8-14H2/t15-,16+,17-,18+/i3D,4D,5D/t4?,5?,15-,16+,17-,18+. The minimum absolute atomic E-state index is 0.0843. The van der Waals surface area contributed by atoms with Gasteiger partial charge in [0.25, 0.3) is 0 Å². The molecule has 6 atom stereocenters. The first-order valence-corrected chi connectivity index (χ1v) is 10.4. The summed E-state index contributed by atoms with van der Waals surface area (Å²) in [5.41, 5.74) is 0. The Morgan fingerprint density at radius 3 is 2.21 bits per heavy atom. The molecule has 2 aliphatic carbocycles. The maximum Gasteiger partial charge on any atom is 0.233 e. The zero-order chi connectivity index (χ0) is 21.7. The second-order valence-electron chi connectivity index (χ2n) is 8.35. The summed E-state index contributed by atoms with van der Waals surface area (Å²) in [4.78, 5) is 40.1. The van der Waals surface area contributed by atoms with Gasteiger partial charge in [-0.05, 0) is 56.5 Å². The number of hydrogen-bond acceptors (Lipinski definition) is 6. The van der Waals surface area contributed by atoms with Gasteiger partial charge in [0.2, 0.25) is 17.8 Å². The minimum Gasteiger partial charge on any atom is -0.338 e. The molecule has 4 aliphatic rings. The summed E-state index contributed by atoms with van der Waals surface area (Å²) in [7, 11) is 0. The molecule has 2 aliphatic heterocycles. The van der Waals surface area contributed by atoms with Gasteiger partial charge in [-0.15, -0.1) is 0 Å². The first-order valence-electron chi connectivity index (χ1n) is 12.1. The number of hydrogen-bond donors (Lipinski definition) is 0. The van der Waals surface area contributed by atoms with E-state index in [1.165, 1.54) is 17.3 Å². The normalized spacial score (nSPS) is 39.2. The summed E-state index contributed by atoms with van der Waals surface area (Å²) in [5.74, 6) is -0.362. The molecule has 0 aromatic carbocycles. The van der Waals surface area contributed by atoms with Crippen molar-refractivity contribution >= 4 is 17.8 Å². The summed E-state index contributed by atoms with van der Waals surface area (Å²) < 4.78 is 23.8. The SMILES string of the molecule is [2H]c1cnc(N2CCN(CCCCN3C(=O)[C@@H]4[C@H](C3=O)[C@H]3C[C@@H]4C([2H])C3[2H])CC2)nc1. The van der Waals surface area contributed by atoms with Crippen molar-refractivity contribution in [2.45, 2.75) is 32.1 Å². The third-order valence-corrected chi connectivity index (χ3v) is 6.83. The summed E-state index contributed by atoms with van der Waals surface area (Å²) >= 11 is 0. The number of rotatable bonds is 6. The predicted octanol–water partition coefficient (Wildman–Crippen LogP) is 1.41. The Hall–Kier alpha value is -2.02. The Morgan fingerprint density at radius 2 is 1.57 bits per heavy atom. The zero-order valence-electron chi connectivity index (χ0n) is 19.0. The highest BCUT2D eigenvalue weighted by molar-refractivity contribution is 6.06. The van der Waals surface area contributed by atoms with Gasteiger partial charge in [-0.25, -0.2) is 9.97 Å². The first-order chi connectivity index (χ1) is 15.0. The maximum atomic E-state index is 12.8. The van der Waals surface area contributed by atoms with Crippen LogP contribution in [0.4, 0.5) is 5.95 Å². The first kappa shape index (κ1) is 14.9. The molecule has 0 radical (unpaired) electrons. The van der Waals surface area contributed by atoms with Gasteiger partial charge in [-0.2, -0.15) is 0 Å². The molecule has 3 heterocycles. The van der Waals surface area contributed by atoms with Crippen molar-refractivity contribution in [1.82, 2.24) is 19.8 Å². The van der Waals surface area contributed by atoms with Crippen molar-refractivity contribution in [3.63, 3.8) is 0 Å². The van der Waals surface area contributed by atoms with Crippen molar-refractivity contribution in [2.24, 2.45) is 23.7 Å². The van der Waals surface area contributed by atoms with E-state index in [1.807, 2.05) is 0 Å². The molecule has 150 valence electrons. The molecular formula is C21H29N5O2. The Kier molecular flexibility index (Phi) is 3.95. The van der Waals surface area contributed by atoms with Crippen LogP contribution in [0.5, 0.6) is 0 Å². The lowest BCUT2D eigenvalue weighted by Crippen LogP contribution is -2.47. The van der Waals surface area contributed by atoms with E-state index in [0.717, 1.165) is 45.6 Å². The summed E-state index contributed by atoms with van der Waals surface area (Å²) in [6.07, 6.45) is 4.41. The molecule has 2 unspecified atom stereocenters. The van der Waals surface area contributed by atoms with Crippen LogP contribution in [0.2, 0.25) is 0 Å². The van der Waals surface area contributed by atoms with E-state index in [4.69, 9.17) is 4.11 Å². The van der Waals surface area contributed by atoms with E-state index in [2.05, 4.69) is 19.8 Å². The van der Waals surface area contributed by atoms with Crippen molar-refractivity contribution in [2.75, 3.05) is 44.2 Å². The van der Waals surface area contributed by atoms with Crippen molar-refractivity contribution in [1.29, 1.82) is 0 Å². The van der Waals surface area contributed by atoms with Gasteiger partial charge >= 0.3 is 0 Å². The lowest BCUT2D eigenvalue weighted by atomic mass is 9.81. The third-order valence-electron chi connectivity index (χ3n) is 6.83. The van der Waals surface area contributed by atoms with Crippen LogP contribution >= 0.6 is 0 Å². The Balaban J connectivity index is 1.06. The molecule has 2 bridgehead atoms. The van der Waals surface area contributed by atoms with Crippen molar-refractivity contribution in [3.05, 3.63) is 18.4 Å². The number of carbonyl (C=O) groups excluding carboxylic acids is 2. The highest BCUT2D eigenvalue weighted by Gasteiger charge is 2.60. The number of likely N-dealkylation sites (tertiary alicyclic amines) is 1. The fraction of sp³-hybridized carbons (Fsp3) is 0.714. The number of anilines is 1. The van der Waals surface area contributed by atoms with Crippen LogP contribution in [0, 0.1) is 23.7 Å². The van der Waals surface area contributed by atoms with Crippen molar-refractivity contribution in [3.8, 4) is 0 Å². The third kappa shape index (κ3) is 3.09. The van der Waals surface area contributed by atoms with Crippen molar-refractivity contribution < 1.29 is 13.7 Å². The van der Waals surface area contributed by atoms with Gasteiger partial charge in [-0.3, -0.25) is 19.4 Å². The number of aromatic nitrogens is 2. The zero-order valence-corrected chi connectivity index (χ0v) is 16.0. The topological polar surface area (TPSA) is 69.6 Å². The molecule has 0 spiro atoms. The molecule has 7 nitrogen and oxygen atoms in total. The van der Waals surface area contributed by atoms with Gasteiger partial charge in [0, 0.05) is 47.9 Å². The molecule has 2 amide bonds. The summed E-state index contributed by atoms with van der Waals surface area (Å²) in [5, 5.41) is 0. The lowest BCUT2D eigenvalue weighted by molar-refractivity contribution is -0.140. The molecule has 2 saturated heterocycles. The van der Waals surface area contributed by atoms with Crippen LogP contribution < -0.4 is 4.90 Å². The Morgan fingerprint density at radius 1 is 0.964 bits per heavy atom. The number of fused-ring (bicyclic) bond motifs is 5. The molecule has 2 saturated carbocycles. The minimum atomic E-state index is -0.517. The van der Waals surface area contributed by atoms with E-state index >= 15 is 0 Å². The van der Waals surface area contributed by atoms with Crippen LogP contribution in [-0.2, 0) is 9.59 Å². The Bertz CT molecular complexity index is 816. The fourth-order valence-corrected chi connectivity index (χ4v) is 5.38. The van der Waals surface area contributed by atoms with E-state index < -0.39 is 12.8 Å². The summed E-state index contributed by atoms with van der Waals surface area (Å²) in [6, 6.07) is 0.313. The van der Waals surface area contributed by atoms with Crippen LogP contribution in [-0.4, -0.2) is 70.9 Å². The smallest absolute Gasteiger partial charge is 0.233 e. The maximum absolute atomic E-state index is 12.8. The molecule has 7 heteroatoms. The number of amides is 2. The lowest BCUT2D eigenvalue weighted by Gasteiger charge is -2.34.